The van der Waals surface area contributed by atoms with E-state index in [4.69, 9.17) is 5.26 Å². The Morgan fingerprint density at radius 2 is 2.32 bits per heavy atom. The highest BCUT2D eigenvalue weighted by Crippen LogP contribution is 2.33. The van der Waals surface area contributed by atoms with E-state index >= 15 is 0 Å². The number of hydrogen-bond acceptors (Lipinski definition) is 5. The number of benzene rings is 1. The molecule has 1 fully saturated rings. The number of nitriles is 1. The van der Waals surface area contributed by atoms with Crippen molar-refractivity contribution in [2.24, 2.45) is 0 Å². The first-order valence-electron chi connectivity index (χ1n) is 6.23. The van der Waals surface area contributed by atoms with Crippen LogP contribution in [-0.2, 0) is 0 Å². The monoisotopic (exact) mass is 261 g/mol. The highest BCUT2D eigenvalue weighted by atomic mass is 16.6. The number of aliphatic hydroxyl groups is 1. The average Bonchev–Trinajstić information content (AvgIpc) is 2.46. The summed E-state index contributed by atoms with van der Waals surface area (Å²) < 4.78 is 0. The summed E-state index contributed by atoms with van der Waals surface area (Å²) in [5.41, 5.74) is 0.810. The minimum Gasteiger partial charge on any atom is -0.394 e. The summed E-state index contributed by atoms with van der Waals surface area (Å²) in [5.74, 6) is 0. The molecule has 2 rings (SSSR count). The van der Waals surface area contributed by atoms with Crippen LogP contribution in [0, 0.1) is 21.4 Å². The molecule has 0 saturated carbocycles. The third-order valence-corrected chi connectivity index (χ3v) is 3.45. The fourth-order valence-corrected chi connectivity index (χ4v) is 2.48. The van der Waals surface area contributed by atoms with E-state index in [9.17, 15) is 15.2 Å². The van der Waals surface area contributed by atoms with E-state index < -0.39 is 4.92 Å². The Bertz CT molecular complexity index is 524. The number of nitro benzene ring substituents is 1. The van der Waals surface area contributed by atoms with Crippen LogP contribution in [0.5, 0.6) is 0 Å². The largest absolute Gasteiger partial charge is 0.394 e. The molecule has 0 amide bonds. The zero-order valence-electron chi connectivity index (χ0n) is 10.5. The van der Waals surface area contributed by atoms with Gasteiger partial charge in [-0.15, -0.1) is 0 Å². The average molecular weight is 261 g/mol. The highest BCUT2D eigenvalue weighted by molar-refractivity contribution is 5.66. The van der Waals surface area contributed by atoms with Crippen molar-refractivity contribution in [3.63, 3.8) is 0 Å². The minimum absolute atomic E-state index is 0.0145. The Labute approximate surface area is 111 Å². The van der Waals surface area contributed by atoms with Crippen LogP contribution in [0.3, 0.4) is 0 Å². The van der Waals surface area contributed by atoms with E-state index in [0.717, 1.165) is 19.3 Å². The number of aliphatic hydroxyl groups excluding tert-OH is 1. The van der Waals surface area contributed by atoms with Gasteiger partial charge >= 0.3 is 0 Å². The van der Waals surface area contributed by atoms with Crippen molar-refractivity contribution in [3.05, 3.63) is 33.9 Å². The first-order chi connectivity index (χ1) is 9.17. The second-order valence-electron chi connectivity index (χ2n) is 4.60. The van der Waals surface area contributed by atoms with Gasteiger partial charge in [-0.3, -0.25) is 10.1 Å². The lowest BCUT2D eigenvalue weighted by Crippen LogP contribution is -2.42. The molecule has 0 aromatic heterocycles. The molecule has 1 N–H and O–H groups in total. The molecule has 0 aliphatic carbocycles. The lowest BCUT2D eigenvalue weighted by molar-refractivity contribution is -0.384. The molecule has 100 valence electrons. The highest BCUT2D eigenvalue weighted by Gasteiger charge is 2.27. The second kappa shape index (κ2) is 5.67. The summed E-state index contributed by atoms with van der Waals surface area (Å²) in [6, 6.07) is 6.22. The number of anilines is 1. The van der Waals surface area contributed by atoms with Gasteiger partial charge in [-0.25, -0.2) is 0 Å². The van der Waals surface area contributed by atoms with Crippen molar-refractivity contribution in [2.75, 3.05) is 18.1 Å². The van der Waals surface area contributed by atoms with Crippen LogP contribution in [-0.4, -0.2) is 29.2 Å². The number of nitro groups is 1. The van der Waals surface area contributed by atoms with Crippen LogP contribution in [0.1, 0.15) is 24.8 Å². The Hall–Kier alpha value is -2.13. The summed E-state index contributed by atoms with van der Waals surface area (Å²) in [6.07, 6.45) is 2.75. The topological polar surface area (TPSA) is 90.4 Å². The van der Waals surface area contributed by atoms with Gasteiger partial charge in [-0.1, -0.05) is 0 Å². The number of rotatable bonds is 3. The Morgan fingerprint density at radius 3 is 2.95 bits per heavy atom. The molecule has 0 spiro atoms. The van der Waals surface area contributed by atoms with E-state index in [2.05, 4.69) is 0 Å². The third-order valence-electron chi connectivity index (χ3n) is 3.45. The molecule has 6 heteroatoms. The summed E-state index contributed by atoms with van der Waals surface area (Å²) in [7, 11) is 0. The second-order valence-corrected chi connectivity index (χ2v) is 4.60. The lowest BCUT2D eigenvalue weighted by Gasteiger charge is -2.36. The fraction of sp³-hybridized carbons (Fsp3) is 0.462. The molecule has 0 bridgehead atoms. The normalized spacial score (nSPS) is 18.9. The number of nitrogens with zero attached hydrogens (tertiary/aromatic N) is 3. The molecule has 1 aliphatic rings. The molecule has 1 aromatic rings. The van der Waals surface area contributed by atoms with Crippen LogP contribution in [0.15, 0.2) is 18.2 Å². The van der Waals surface area contributed by atoms with Crippen LogP contribution in [0.25, 0.3) is 0 Å². The maximum absolute atomic E-state index is 11.1. The van der Waals surface area contributed by atoms with Gasteiger partial charge in [0.2, 0.25) is 0 Å². The molecule has 1 heterocycles. The van der Waals surface area contributed by atoms with Gasteiger partial charge in [0, 0.05) is 12.6 Å². The van der Waals surface area contributed by atoms with Crippen molar-refractivity contribution in [3.8, 4) is 6.07 Å². The van der Waals surface area contributed by atoms with Crippen LogP contribution in [0.2, 0.25) is 0 Å². The van der Waals surface area contributed by atoms with Crippen molar-refractivity contribution < 1.29 is 10.0 Å². The predicted octanol–water partition coefficient (Wildman–Crippen LogP) is 1.82. The Balaban J connectivity index is 2.46. The van der Waals surface area contributed by atoms with Gasteiger partial charge in [-0.05, 0) is 31.4 Å². The van der Waals surface area contributed by atoms with Gasteiger partial charge in [0.05, 0.1) is 29.2 Å². The maximum atomic E-state index is 11.1. The standard InChI is InChI=1S/C13H15N3O3/c14-8-10-4-5-12(16(18)19)13(7-10)15-6-2-1-3-11(15)9-17/h4-5,7,11,17H,1-3,6,9H2. The molecular weight excluding hydrogens is 246 g/mol. The third kappa shape index (κ3) is 2.66. The molecule has 1 aromatic carbocycles. The van der Waals surface area contributed by atoms with Gasteiger partial charge in [0.25, 0.3) is 5.69 Å². The van der Waals surface area contributed by atoms with Gasteiger partial charge in [0.15, 0.2) is 0 Å². The summed E-state index contributed by atoms with van der Waals surface area (Å²) in [6.45, 7) is 0.634. The summed E-state index contributed by atoms with van der Waals surface area (Å²) >= 11 is 0. The van der Waals surface area contributed by atoms with Crippen molar-refractivity contribution in [1.29, 1.82) is 5.26 Å². The van der Waals surface area contributed by atoms with Gasteiger partial charge in [0.1, 0.15) is 5.69 Å². The van der Waals surface area contributed by atoms with Crippen molar-refractivity contribution >= 4 is 11.4 Å². The zero-order valence-corrected chi connectivity index (χ0v) is 10.5. The predicted molar refractivity (Wildman–Crippen MR) is 69.9 cm³/mol. The molecule has 1 aliphatic heterocycles. The summed E-state index contributed by atoms with van der Waals surface area (Å²) in [5, 5.41) is 29.4. The van der Waals surface area contributed by atoms with Crippen LogP contribution in [0.4, 0.5) is 11.4 Å². The first kappa shape index (κ1) is 13.3. The fourth-order valence-electron chi connectivity index (χ4n) is 2.48. The Morgan fingerprint density at radius 1 is 1.53 bits per heavy atom. The summed E-state index contributed by atoms with van der Waals surface area (Å²) in [4.78, 5) is 12.5. The lowest BCUT2D eigenvalue weighted by atomic mass is 10.0. The van der Waals surface area contributed by atoms with Gasteiger partial charge in [-0.2, -0.15) is 5.26 Å². The molecule has 1 atom stereocenters. The van der Waals surface area contributed by atoms with E-state index in [1.165, 1.54) is 18.2 Å². The molecule has 6 nitrogen and oxygen atoms in total. The van der Waals surface area contributed by atoms with Crippen LogP contribution >= 0.6 is 0 Å². The number of hydrogen-bond donors (Lipinski definition) is 1. The SMILES string of the molecule is N#Cc1ccc([N+](=O)[O-])c(N2CCCCC2CO)c1. The zero-order chi connectivity index (χ0) is 13.8. The first-order valence-corrected chi connectivity index (χ1v) is 6.23. The number of piperidine rings is 1. The quantitative estimate of drug-likeness (QED) is 0.662. The van der Waals surface area contributed by atoms with Crippen molar-refractivity contribution in [1.82, 2.24) is 0 Å². The maximum Gasteiger partial charge on any atom is 0.292 e. The molecule has 1 unspecified atom stereocenters. The molecule has 0 radical (unpaired) electrons. The van der Waals surface area contributed by atoms with Gasteiger partial charge < -0.3 is 10.0 Å². The van der Waals surface area contributed by atoms with Crippen LogP contribution < -0.4 is 4.90 Å². The molecule has 19 heavy (non-hydrogen) atoms. The van der Waals surface area contributed by atoms with E-state index in [-0.39, 0.29) is 18.3 Å². The molecule has 1 saturated heterocycles. The molecular formula is C13H15N3O3. The van der Waals surface area contributed by atoms with Crippen molar-refractivity contribution in [2.45, 2.75) is 25.3 Å². The smallest absolute Gasteiger partial charge is 0.292 e. The van der Waals surface area contributed by atoms with E-state index in [1.54, 1.807) is 0 Å². The Kier molecular flexibility index (Phi) is 3.97. The van der Waals surface area contributed by atoms with E-state index in [0.29, 0.717) is 17.8 Å². The minimum atomic E-state index is -0.445. The van der Waals surface area contributed by atoms with E-state index in [1.807, 2.05) is 11.0 Å².